The van der Waals surface area contributed by atoms with E-state index >= 15 is 0 Å². The topological polar surface area (TPSA) is 12.9 Å². The molecule has 1 aromatic heterocycles. The van der Waals surface area contributed by atoms with Crippen molar-refractivity contribution < 1.29 is 0 Å². The molecule has 0 aliphatic rings. The summed E-state index contributed by atoms with van der Waals surface area (Å²) in [4.78, 5) is 4.47. The van der Waals surface area contributed by atoms with Crippen LogP contribution in [-0.4, -0.2) is 4.98 Å². The first-order valence-electron chi connectivity index (χ1n) is 5.18. The highest BCUT2D eigenvalue weighted by Crippen LogP contribution is 2.25. The smallest absolute Gasteiger partial charge is 0.132 e. The highest BCUT2D eigenvalue weighted by Gasteiger charge is 2.06. The molecule has 2 aromatic rings. The normalized spacial score (nSPS) is 10.9. The number of aryl methyl sites for hydroxylation is 3. The van der Waals surface area contributed by atoms with Crippen LogP contribution in [0.3, 0.4) is 0 Å². The van der Waals surface area contributed by atoms with E-state index < -0.39 is 0 Å². The number of nitrogens with zero attached hydrogens (tertiary/aromatic N) is 1. The van der Waals surface area contributed by atoms with Crippen molar-refractivity contribution in [1.82, 2.24) is 4.98 Å². The first-order chi connectivity index (χ1) is 7.13. The number of aromatic nitrogens is 1. The zero-order chi connectivity index (χ0) is 11.0. The summed E-state index contributed by atoms with van der Waals surface area (Å²) in [5, 5.41) is 1.86. The van der Waals surface area contributed by atoms with Crippen LogP contribution in [0.2, 0.25) is 5.15 Å². The minimum absolute atomic E-state index is 0.638. The molecule has 15 heavy (non-hydrogen) atoms. The van der Waals surface area contributed by atoms with Gasteiger partial charge in [-0.05, 0) is 43.0 Å². The molecule has 0 atom stereocenters. The van der Waals surface area contributed by atoms with Gasteiger partial charge in [0, 0.05) is 5.39 Å². The molecule has 2 rings (SSSR count). The van der Waals surface area contributed by atoms with Crippen molar-refractivity contribution in [2.75, 3.05) is 0 Å². The summed E-state index contributed by atoms with van der Waals surface area (Å²) in [6.07, 6.45) is 0.926. The van der Waals surface area contributed by atoms with Crippen LogP contribution >= 0.6 is 11.6 Å². The molecule has 0 spiro atoms. The molecule has 0 radical (unpaired) electrons. The van der Waals surface area contributed by atoms with Crippen LogP contribution < -0.4 is 0 Å². The van der Waals surface area contributed by atoms with Crippen molar-refractivity contribution in [3.63, 3.8) is 0 Å². The molecule has 78 valence electrons. The van der Waals surface area contributed by atoms with Crippen LogP contribution in [0.5, 0.6) is 0 Å². The first kappa shape index (κ1) is 10.4. The number of halogens is 1. The lowest BCUT2D eigenvalue weighted by molar-refractivity contribution is 1.12. The second-order valence-electron chi connectivity index (χ2n) is 3.89. The molecular formula is C13H14ClN. The molecule has 0 N–H and O–H groups in total. The van der Waals surface area contributed by atoms with Gasteiger partial charge >= 0.3 is 0 Å². The summed E-state index contributed by atoms with van der Waals surface area (Å²) >= 11 is 6.12. The zero-order valence-electron chi connectivity index (χ0n) is 9.26. The van der Waals surface area contributed by atoms with Crippen molar-refractivity contribution in [2.45, 2.75) is 27.2 Å². The van der Waals surface area contributed by atoms with Crippen LogP contribution in [0.4, 0.5) is 0 Å². The van der Waals surface area contributed by atoms with Crippen LogP contribution in [0, 0.1) is 13.8 Å². The van der Waals surface area contributed by atoms with E-state index in [9.17, 15) is 0 Å². The van der Waals surface area contributed by atoms with Gasteiger partial charge < -0.3 is 0 Å². The van der Waals surface area contributed by atoms with Gasteiger partial charge in [0.1, 0.15) is 5.15 Å². The summed E-state index contributed by atoms with van der Waals surface area (Å²) in [7, 11) is 0. The molecule has 1 aromatic carbocycles. The van der Waals surface area contributed by atoms with Gasteiger partial charge in [0.15, 0.2) is 0 Å². The molecule has 0 unspecified atom stereocenters. The third kappa shape index (κ3) is 1.72. The predicted molar refractivity (Wildman–Crippen MR) is 65.6 cm³/mol. The molecule has 0 fully saturated rings. The maximum Gasteiger partial charge on any atom is 0.132 e. The third-order valence-corrected chi connectivity index (χ3v) is 3.14. The monoisotopic (exact) mass is 219 g/mol. The highest BCUT2D eigenvalue weighted by molar-refractivity contribution is 6.30. The SMILES string of the molecule is CCc1cc2c(C)ccc(C)c2nc1Cl. The van der Waals surface area contributed by atoms with Gasteiger partial charge in [0.25, 0.3) is 0 Å². The molecule has 0 bridgehead atoms. The third-order valence-electron chi connectivity index (χ3n) is 2.81. The average molecular weight is 220 g/mol. The molecule has 1 nitrogen and oxygen atoms in total. The van der Waals surface area contributed by atoms with E-state index in [1.54, 1.807) is 0 Å². The second kappa shape index (κ2) is 3.82. The van der Waals surface area contributed by atoms with Crippen LogP contribution in [0.15, 0.2) is 18.2 Å². The van der Waals surface area contributed by atoms with Gasteiger partial charge in [-0.3, -0.25) is 0 Å². The lowest BCUT2D eigenvalue weighted by Gasteiger charge is -2.08. The standard InChI is InChI=1S/C13H14ClN/c1-4-10-7-11-8(2)5-6-9(3)12(11)15-13(10)14/h5-7H,4H2,1-3H3. The number of rotatable bonds is 1. The molecular weight excluding hydrogens is 206 g/mol. The Morgan fingerprint density at radius 1 is 1.20 bits per heavy atom. The average Bonchev–Trinajstić information content (AvgIpc) is 2.23. The van der Waals surface area contributed by atoms with E-state index in [0.29, 0.717) is 5.15 Å². The summed E-state index contributed by atoms with van der Waals surface area (Å²) < 4.78 is 0. The van der Waals surface area contributed by atoms with Gasteiger partial charge in [-0.25, -0.2) is 4.98 Å². The van der Waals surface area contributed by atoms with Crippen molar-refractivity contribution >= 4 is 22.5 Å². The molecule has 0 amide bonds. The van der Waals surface area contributed by atoms with Crippen molar-refractivity contribution in [2.24, 2.45) is 0 Å². The molecule has 0 saturated heterocycles. The van der Waals surface area contributed by atoms with E-state index in [1.807, 2.05) is 0 Å². The summed E-state index contributed by atoms with van der Waals surface area (Å²) in [5.41, 5.74) is 4.59. The quantitative estimate of drug-likeness (QED) is 0.659. The maximum absolute atomic E-state index is 6.12. The first-order valence-corrected chi connectivity index (χ1v) is 5.56. The molecule has 2 heteroatoms. The number of fused-ring (bicyclic) bond motifs is 1. The fourth-order valence-corrected chi connectivity index (χ4v) is 2.07. The Bertz CT molecular complexity index is 517. The van der Waals surface area contributed by atoms with Crippen LogP contribution in [-0.2, 0) is 6.42 Å². The van der Waals surface area contributed by atoms with Gasteiger partial charge in [-0.1, -0.05) is 30.7 Å². The van der Waals surface area contributed by atoms with Crippen molar-refractivity contribution in [3.8, 4) is 0 Å². The number of hydrogen-bond donors (Lipinski definition) is 0. The highest BCUT2D eigenvalue weighted by atomic mass is 35.5. The van der Waals surface area contributed by atoms with E-state index in [-0.39, 0.29) is 0 Å². The summed E-state index contributed by atoms with van der Waals surface area (Å²) in [5.74, 6) is 0. The lowest BCUT2D eigenvalue weighted by Crippen LogP contribution is -1.92. The van der Waals surface area contributed by atoms with Gasteiger partial charge in [-0.15, -0.1) is 0 Å². The molecule has 1 heterocycles. The van der Waals surface area contributed by atoms with Gasteiger partial charge in [0.2, 0.25) is 0 Å². The molecule has 0 aliphatic carbocycles. The fraction of sp³-hybridized carbons (Fsp3) is 0.308. The minimum atomic E-state index is 0.638. The Kier molecular flexibility index (Phi) is 2.66. The Balaban J connectivity index is 2.86. The maximum atomic E-state index is 6.12. The van der Waals surface area contributed by atoms with Crippen LogP contribution in [0.25, 0.3) is 10.9 Å². The van der Waals surface area contributed by atoms with Crippen molar-refractivity contribution in [3.05, 3.63) is 40.0 Å². The van der Waals surface area contributed by atoms with E-state index in [1.165, 1.54) is 16.5 Å². The van der Waals surface area contributed by atoms with Crippen LogP contribution in [0.1, 0.15) is 23.6 Å². The lowest BCUT2D eigenvalue weighted by atomic mass is 10.0. The largest absolute Gasteiger partial charge is 0.236 e. The van der Waals surface area contributed by atoms with Crippen molar-refractivity contribution in [1.29, 1.82) is 0 Å². The predicted octanol–water partition coefficient (Wildman–Crippen LogP) is 4.07. The van der Waals surface area contributed by atoms with Gasteiger partial charge in [-0.2, -0.15) is 0 Å². The number of pyridine rings is 1. The summed E-state index contributed by atoms with van der Waals surface area (Å²) in [6, 6.07) is 6.38. The molecule has 0 saturated carbocycles. The fourth-order valence-electron chi connectivity index (χ4n) is 1.80. The number of benzene rings is 1. The Labute approximate surface area is 95.1 Å². The Hall–Kier alpha value is -1.08. The Morgan fingerprint density at radius 2 is 1.87 bits per heavy atom. The summed E-state index contributed by atoms with van der Waals surface area (Å²) in [6.45, 7) is 6.27. The van der Waals surface area contributed by atoms with E-state index in [0.717, 1.165) is 17.5 Å². The number of hydrogen-bond acceptors (Lipinski definition) is 1. The van der Waals surface area contributed by atoms with Gasteiger partial charge in [0.05, 0.1) is 5.52 Å². The Morgan fingerprint density at radius 3 is 2.53 bits per heavy atom. The zero-order valence-corrected chi connectivity index (χ0v) is 10.0. The minimum Gasteiger partial charge on any atom is -0.236 e. The second-order valence-corrected chi connectivity index (χ2v) is 4.25. The molecule has 0 aliphatic heterocycles. The van der Waals surface area contributed by atoms with E-state index in [2.05, 4.69) is 44.0 Å². The van der Waals surface area contributed by atoms with E-state index in [4.69, 9.17) is 11.6 Å².